The Labute approximate surface area is 149 Å². The maximum atomic E-state index is 12.4. The lowest BCUT2D eigenvalue weighted by atomic mass is 10.1. The van der Waals surface area contributed by atoms with Crippen molar-refractivity contribution < 1.29 is 27.3 Å². The van der Waals surface area contributed by atoms with E-state index in [4.69, 9.17) is 17.0 Å². The van der Waals surface area contributed by atoms with Gasteiger partial charge in [0.25, 0.3) is 11.8 Å². The fraction of sp³-hybridized carbons (Fsp3) is 0.133. The Hall–Kier alpha value is -2.56. The highest BCUT2D eigenvalue weighted by atomic mass is 32.2. The van der Waals surface area contributed by atoms with Crippen LogP contribution in [0.1, 0.15) is 5.56 Å². The fourth-order valence-corrected chi connectivity index (χ4v) is 3.06. The second-order valence-corrected chi connectivity index (χ2v) is 6.62. The van der Waals surface area contributed by atoms with Gasteiger partial charge in [-0.2, -0.15) is 0 Å². The molecule has 0 unspecified atom stereocenters. The van der Waals surface area contributed by atoms with Gasteiger partial charge in [0.15, 0.2) is 5.11 Å². The minimum absolute atomic E-state index is 0.0513. The normalized spacial score (nSPS) is 16.8. The van der Waals surface area contributed by atoms with Gasteiger partial charge in [-0.3, -0.25) is 19.8 Å². The van der Waals surface area contributed by atoms with Gasteiger partial charge in [-0.05, 0) is 36.0 Å². The molecule has 0 spiro atoms. The Morgan fingerprint density at radius 3 is 2.64 bits per heavy atom. The number of amides is 2. The SMILES string of the molecule is C=CCN1C(=O)/C(=C/c2ccc(OC)c(S(=O)(=O)[O-])c2)C(=O)NC1=S. The first-order chi connectivity index (χ1) is 11.7. The number of hydrogen-bond acceptors (Lipinski definition) is 7. The zero-order valence-electron chi connectivity index (χ0n) is 13.0. The fourth-order valence-electron chi connectivity index (χ4n) is 2.13. The number of nitrogens with zero attached hydrogens (tertiary/aromatic N) is 1. The summed E-state index contributed by atoms with van der Waals surface area (Å²) in [6, 6.07) is 3.69. The summed E-state index contributed by atoms with van der Waals surface area (Å²) in [6.45, 7) is 3.60. The number of carbonyl (C=O) groups is 2. The molecular formula is C15H13N2O6S2-. The highest BCUT2D eigenvalue weighted by molar-refractivity contribution is 7.85. The second-order valence-electron chi connectivity index (χ2n) is 4.89. The van der Waals surface area contributed by atoms with E-state index in [1.807, 2.05) is 0 Å². The molecule has 1 heterocycles. The average Bonchev–Trinajstić information content (AvgIpc) is 2.54. The summed E-state index contributed by atoms with van der Waals surface area (Å²) in [4.78, 5) is 25.0. The molecule has 0 radical (unpaired) electrons. The van der Waals surface area contributed by atoms with Crippen LogP contribution in [-0.4, -0.2) is 48.5 Å². The molecule has 2 amide bonds. The van der Waals surface area contributed by atoms with Crippen molar-refractivity contribution >= 4 is 45.3 Å². The highest BCUT2D eigenvalue weighted by Gasteiger charge is 2.32. The molecule has 1 aromatic rings. The molecule has 1 N–H and O–H groups in total. The van der Waals surface area contributed by atoms with Crippen molar-refractivity contribution in [3.05, 3.63) is 42.0 Å². The quantitative estimate of drug-likeness (QED) is 0.258. The number of carbonyl (C=O) groups excluding carboxylic acids is 2. The van der Waals surface area contributed by atoms with E-state index >= 15 is 0 Å². The van der Waals surface area contributed by atoms with Gasteiger partial charge in [-0.1, -0.05) is 12.1 Å². The Morgan fingerprint density at radius 1 is 1.40 bits per heavy atom. The summed E-state index contributed by atoms with van der Waals surface area (Å²) in [7, 11) is -3.58. The summed E-state index contributed by atoms with van der Waals surface area (Å²) in [5.41, 5.74) is -0.0880. The van der Waals surface area contributed by atoms with Crippen molar-refractivity contribution in [3.8, 4) is 5.75 Å². The van der Waals surface area contributed by atoms with Crippen LogP contribution in [0.2, 0.25) is 0 Å². The first-order valence-electron chi connectivity index (χ1n) is 6.82. The molecule has 0 aromatic heterocycles. The molecule has 8 nitrogen and oxygen atoms in total. The number of methoxy groups -OCH3 is 1. The zero-order valence-corrected chi connectivity index (χ0v) is 14.6. The zero-order chi connectivity index (χ0) is 18.8. The summed E-state index contributed by atoms with van der Waals surface area (Å²) in [6.07, 6.45) is 2.61. The average molecular weight is 381 g/mol. The van der Waals surface area contributed by atoms with E-state index in [0.717, 1.165) is 11.0 Å². The van der Waals surface area contributed by atoms with Crippen molar-refractivity contribution in [2.24, 2.45) is 0 Å². The predicted octanol–water partition coefficient (Wildman–Crippen LogP) is 0.412. The topological polar surface area (TPSA) is 116 Å². The first kappa shape index (κ1) is 18.8. The Morgan fingerprint density at radius 2 is 2.08 bits per heavy atom. The molecule has 1 aliphatic heterocycles. The number of rotatable bonds is 5. The van der Waals surface area contributed by atoms with Gasteiger partial charge < -0.3 is 9.29 Å². The standard InChI is InChI=1S/C15H14N2O6S2/c1-3-6-17-14(19)10(13(18)16-15(17)24)7-9-4-5-11(23-2)12(8-9)25(20,21)22/h3-5,7-8H,1,6H2,2H3,(H,16,18,24)(H,20,21,22)/p-1/b10-7+. The first-order valence-corrected chi connectivity index (χ1v) is 8.64. The number of thiocarbonyl (C=S) groups is 1. The van der Waals surface area contributed by atoms with E-state index in [1.54, 1.807) is 0 Å². The van der Waals surface area contributed by atoms with E-state index in [0.29, 0.717) is 0 Å². The third kappa shape index (κ3) is 3.92. The lowest BCUT2D eigenvalue weighted by molar-refractivity contribution is -0.128. The van der Waals surface area contributed by atoms with Gasteiger partial charge in [0.2, 0.25) is 0 Å². The highest BCUT2D eigenvalue weighted by Crippen LogP contribution is 2.26. The number of nitrogens with one attached hydrogen (secondary N) is 1. The van der Waals surface area contributed by atoms with Crippen molar-refractivity contribution in [2.45, 2.75) is 4.90 Å². The third-order valence-corrected chi connectivity index (χ3v) is 4.45. The molecule has 0 atom stereocenters. The molecular weight excluding hydrogens is 368 g/mol. The van der Waals surface area contributed by atoms with Crippen molar-refractivity contribution in [2.75, 3.05) is 13.7 Å². The van der Waals surface area contributed by atoms with E-state index in [2.05, 4.69) is 11.9 Å². The molecule has 0 saturated carbocycles. The predicted molar refractivity (Wildman–Crippen MR) is 91.6 cm³/mol. The number of ether oxygens (including phenoxy) is 1. The van der Waals surface area contributed by atoms with E-state index in [1.165, 1.54) is 31.4 Å². The molecule has 132 valence electrons. The lowest BCUT2D eigenvalue weighted by Gasteiger charge is -2.27. The van der Waals surface area contributed by atoms with Crippen LogP contribution in [0.4, 0.5) is 0 Å². The summed E-state index contributed by atoms with van der Waals surface area (Å²) < 4.78 is 38.8. The maximum absolute atomic E-state index is 12.4. The van der Waals surface area contributed by atoms with Gasteiger partial charge in [0.05, 0.1) is 12.0 Å². The van der Waals surface area contributed by atoms with Crippen LogP contribution in [0.15, 0.2) is 41.3 Å². The molecule has 1 aliphatic rings. The largest absolute Gasteiger partial charge is 0.744 e. The van der Waals surface area contributed by atoms with Gasteiger partial charge in [0.1, 0.15) is 21.4 Å². The van der Waals surface area contributed by atoms with Crippen LogP contribution in [0.25, 0.3) is 6.08 Å². The van der Waals surface area contributed by atoms with E-state index < -0.39 is 26.8 Å². The van der Waals surface area contributed by atoms with Gasteiger partial charge in [0, 0.05) is 6.54 Å². The maximum Gasteiger partial charge on any atom is 0.265 e. The van der Waals surface area contributed by atoms with Crippen LogP contribution in [-0.2, 0) is 19.7 Å². The minimum atomic E-state index is -4.80. The monoisotopic (exact) mass is 381 g/mol. The Kier molecular flexibility index (Phi) is 5.36. The van der Waals surface area contributed by atoms with Crippen LogP contribution < -0.4 is 10.1 Å². The molecule has 2 rings (SSSR count). The Balaban J connectivity index is 2.52. The number of benzene rings is 1. The lowest BCUT2D eigenvalue weighted by Crippen LogP contribution is -2.53. The van der Waals surface area contributed by atoms with Gasteiger partial charge in [-0.15, -0.1) is 6.58 Å². The van der Waals surface area contributed by atoms with Crippen LogP contribution in [0.5, 0.6) is 5.75 Å². The Bertz CT molecular complexity index is 905. The van der Waals surface area contributed by atoms with Crippen LogP contribution >= 0.6 is 12.2 Å². The van der Waals surface area contributed by atoms with Crippen molar-refractivity contribution in [1.82, 2.24) is 10.2 Å². The van der Waals surface area contributed by atoms with Gasteiger partial charge >= 0.3 is 0 Å². The molecule has 0 aliphatic carbocycles. The smallest absolute Gasteiger partial charge is 0.265 e. The summed E-state index contributed by atoms with van der Waals surface area (Å²) >= 11 is 4.93. The number of hydrogen-bond donors (Lipinski definition) is 1. The van der Waals surface area contributed by atoms with E-state index in [-0.39, 0.29) is 28.5 Å². The van der Waals surface area contributed by atoms with Crippen molar-refractivity contribution in [3.63, 3.8) is 0 Å². The molecule has 25 heavy (non-hydrogen) atoms. The van der Waals surface area contributed by atoms with Crippen LogP contribution in [0.3, 0.4) is 0 Å². The summed E-state index contributed by atoms with van der Waals surface area (Å²) in [5, 5.41) is 2.31. The summed E-state index contributed by atoms with van der Waals surface area (Å²) in [5.74, 6) is -1.51. The van der Waals surface area contributed by atoms with E-state index in [9.17, 15) is 22.6 Å². The minimum Gasteiger partial charge on any atom is -0.744 e. The molecule has 10 heteroatoms. The molecule has 1 fully saturated rings. The second kappa shape index (κ2) is 7.13. The third-order valence-electron chi connectivity index (χ3n) is 3.27. The molecule has 1 saturated heterocycles. The molecule has 1 aromatic carbocycles. The molecule has 0 bridgehead atoms. The van der Waals surface area contributed by atoms with Crippen molar-refractivity contribution in [1.29, 1.82) is 0 Å². The van der Waals surface area contributed by atoms with Gasteiger partial charge in [-0.25, -0.2) is 8.42 Å². The van der Waals surface area contributed by atoms with Crippen LogP contribution in [0, 0.1) is 0 Å².